The van der Waals surface area contributed by atoms with Crippen molar-refractivity contribution in [3.8, 4) is 6.07 Å². The van der Waals surface area contributed by atoms with E-state index in [1.807, 2.05) is 19.9 Å². The molecule has 0 aliphatic heterocycles. The van der Waals surface area contributed by atoms with Crippen molar-refractivity contribution in [3.05, 3.63) is 29.8 Å². The highest BCUT2D eigenvalue weighted by molar-refractivity contribution is 7.91. The van der Waals surface area contributed by atoms with Crippen LogP contribution in [-0.2, 0) is 14.6 Å². The number of ether oxygens (including phenoxy) is 1. The zero-order valence-corrected chi connectivity index (χ0v) is 12.6. The van der Waals surface area contributed by atoms with Crippen molar-refractivity contribution in [3.63, 3.8) is 0 Å². The summed E-state index contributed by atoms with van der Waals surface area (Å²) in [5, 5.41) is 11.9. The molecule has 0 spiro atoms. The number of benzene rings is 1. The topological polar surface area (TPSA) is 79.2 Å². The summed E-state index contributed by atoms with van der Waals surface area (Å²) in [4.78, 5) is 0.167. The second-order valence-electron chi connectivity index (χ2n) is 4.68. The minimum Gasteiger partial charge on any atom is -0.379 e. The molecule has 1 rings (SSSR count). The number of hydrogen-bond acceptors (Lipinski definition) is 5. The Labute approximate surface area is 120 Å². The van der Waals surface area contributed by atoms with Gasteiger partial charge in [0.1, 0.15) is 0 Å². The normalized spacial score (nSPS) is 11.5. The Bertz CT molecular complexity index is 562. The molecule has 0 saturated carbocycles. The van der Waals surface area contributed by atoms with E-state index in [2.05, 4.69) is 5.32 Å². The van der Waals surface area contributed by atoms with E-state index < -0.39 is 9.84 Å². The number of nitrogens with one attached hydrogen (secondary N) is 1. The molecule has 0 atom stereocenters. The Balaban J connectivity index is 2.44. The van der Waals surface area contributed by atoms with Crippen LogP contribution in [0.4, 0.5) is 0 Å². The molecule has 5 nitrogen and oxygen atoms in total. The van der Waals surface area contributed by atoms with Crippen LogP contribution in [0.15, 0.2) is 29.2 Å². The molecule has 0 unspecified atom stereocenters. The van der Waals surface area contributed by atoms with E-state index in [1.165, 1.54) is 12.1 Å². The van der Waals surface area contributed by atoms with E-state index in [9.17, 15) is 8.42 Å². The molecule has 1 N–H and O–H groups in total. The van der Waals surface area contributed by atoms with E-state index in [1.54, 1.807) is 12.1 Å². The zero-order valence-electron chi connectivity index (χ0n) is 11.8. The van der Waals surface area contributed by atoms with E-state index in [0.29, 0.717) is 24.8 Å². The molecular weight excluding hydrogens is 276 g/mol. The van der Waals surface area contributed by atoms with Gasteiger partial charge in [0.25, 0.3) is 0 Å². The van der Waals surface area contributed by atoms with Crippen molar-refractivity contribution in [2.24, 2.45) is 0 Å². The van der Waals surface area contributed by atoms with Crippen molar-refractivity contribution < 1.29 is 13.2 Å². The van der Waals surface area contributed by atoms with Gasteiger partial charge < -0.3 is 10.1 Å². The lowest BCUT2D eigenvalue weighted by molar-refractivity contribution is 0.149. The Hall–Kier alpha value is -1.42. The third kappa shape index (κ3) is 5.70. The summed E-state index contributed by atoms with van der Waals surface area (Å²) < 4.78 is 29.4. The number of nitrogens with zero attached hydrogens (tertiary/aromatic N) is 1. The molecular formula is C14H20N2O3S. The van der Waals surface area contributed by atoms with E-state index >= 15 is 0 Å². The molecule has 0 aliphatic carbocycles. The molecule has 0 aromatic heterocycles. The second kappa shape index (κ2) is 8.00. The summed E-state index contributed by atoms with van der Waals surface area (Å²) in [7, 11) is -3.39. The van der Waals surface area contributed by atoms with Crippen LogP contribution in [0.3, 0.4) is 0 Å². The lowest BCUT2D eigenvalue weighted by Crippen LogP contribution is -2.27. The van der Waals surface area contributed by atoms with Crippen LogP contribution >= 0.6 is 0 Å². The smallest absolute Gasteiger partial charge is 0.180 e. The van der Waals surface area contributed by atoms with Gasteiger partial charge in [-0.25, -0.2) is 8.42 Å². The summed E-state index contributed by atoms with van der Waals surface area (Å²) in [5.41, 5.74) is 0.341. The zero-order chi connectivity index (χ0) is 15.0. The first kappa shape index (κ1) is 16.6. The molecule has 0 bridgehead atoms. The molecule has 0 heterocycles. The fraction of sp³-hybridized carbons (Fsp3) is 0.500. The first-order valence-electron chi connectivity index (χ1n) is 6.50. The van der Waals surface area contributed by atoms with Gasteiger partial charge in [-0.05, 0) is 18.2 Å². The number of nitriles is 1. The number of rotatable bonds is 8. The maximum atomic E-state index is 12.0. The van der Waals surface area contributed by atoms with Crippen molar-refractivity contribution in [2.45, 2.75) is 24.8 Å². The average molecular weight is 296 g/mol. The summed E-state index contributed by atoms with van der Waals surface area (Å²) in [6.07, 6.45) is 0. The predicted molar refractivity (Wildman–Crippen MR) is 77.2 cm³/mol. The van der Waals surface area contributed by atoms with Gasteiger partial charge in [0.15, 0.2) is 9.84 Å². The average Bonchev–Trinajstić information content (AvgIpc) is 2.42. The molecule has 0 radical (unpaired) electrons. The molecule has 0 aliphatic rings. The van der Waals surface area contributed by atoms with E-state index in [4.69, 9.17) is 10.00 Å². The maximum absolute atomic E-state index is 12.0. The predicted octanol–water partition coefficient (Wildman–Crippen LogP) is 1.35. The van der Waals surface area contributed by atoms with Gasteiger partial charge in [-0.1, -0.05) is 19.9 Å². The van der Waals surface area contributed by atoms with Crippen LogP contribution in [0.1, 0.15) is 19.4 Å². The van der Waals surface area contributed by atoms with Crippen molar-refractivity contribution >= 4 is 9.84 Å². The molecule has 1 aromatic rings. The lowest BCUT2D eigenvalue weighted by Gasteiger charge is -2.09. The summed E-state index contributed by atoms with van der Waals surface area (Å²) in [5.74, 6) is -0.0798. The van der Waals surface area contributed by atoms with Gasteiger partial charge in [0.2, 0.25) is 0 Å². The fourth-order valence-electron chi connectivity index (χ4n) is 1.57. The van der Waals surface area contributed by atoms with Gasteiger partial charge in [0, 0.05) is 12.6 Å². The molecule has 110 valence electrons. The van der Waals surface area contributed by atoms with E-state index in [0.717, 1.165) is 0 Å². The SMILES string of the molecule is CC(C)NCCOCCS(=O)(=O)c1cccc(C#N)c1. The molecule has 20 heavy (non-hydrogen) atoms. The van der Waals surface area contributed by atoms with Gasteiger partial charge >= 0.3 is 0 Å². The molecule has 1 aromatic carbocycles. The summed E-state index contributed by atoms with van der Waals surface area (Å²) >= 11 is 0. The van der Waals surface area contributed by atoms with Crippen LogP contribution in [-0.4, -0.2) is 40.0 Å². The lowest BCUT2D eigenvalue weighted by atomic mass is 10.2. The van der Waals surface area contributed by atoms with Gasteiger partial charge in [-0.3, -0.25) is 0 Å². The third-order valence-corrected chi connectivity index (χ3v) is 4.29. The van der Waals surface area contributed by atoms with E-state index in [-0.39, 0.29) is 17.3 Å². The van der Waals surface area contributed by atoms with Gasteiger partial charge in [0.05, 0.1) is 35.5 Å². The van der Waals surface area contributed by atoms with Crippen LogP contribution in [0.2, 0.25) is 0 Å². The minimum atomic E-state index is -3.39. The van der Waals surface area contributed by atoms with Crippen molar-refractivity contribution in [2.75, 3.05) is 25.5 Å². The van der Waals surface area contributed by atoms with Crippen molar-refractivity contribution in [1.82, 2.24) is 5.32 Å². The fourth-order valence-corrected chi connectivity index (χ4v) is 2.73. The first-order chi connectivity index (χ1) is 9.45. The Morgan fingerprint density at radius 3 is 2.75 bits per heavy atom. The largest absolute Gasteiger partial charge is 0.379 e. The molecule has 0 amide bonds. The van der Waals surface area contributed by atoms with Crippen LogP contribution in [0.25, 0.3) is 0 Å². The standard InChI is InChI=1S/C14H20N2O3S/c1-12(2)16-6-7-19-8-9-20(17,18)14-5-3-4-13(10-14)11-15/h3-5,10,12,16H,6-9H2,1-2H3. The second-order valence-corrected chi connectivity index (χ2v) is 6.79. The molecule has 0 fully saturated rings. The quantitative estimate of drug-likeness (QED) is 0.732. The number of sulfone groups is 1. The highest BCUT2D eigenvalue weighted by Crippen LogP contribution is 2.12. The Morgan fingerprint density at radius 1 is 1.35 bits per heavy atom. The summed E-state index contributed by atoms with van der Waals surface area (Å²) in [6, 6.07) is 8.34. The number of hydrogen-bond donors (Lipinski definition) is 1. The van der Waals surface area contributed by atoms with Crippen LogP contribution in [0, 0.1) is 11.3 Å². The highest BCUT2D eigenvalue weighted by atomic mass is 32.2. The van der Waals surface area contributed by atoms with Gasteiger partial charge in [-0.15, -0.1) is 0 Å². The Morgan fingerprint density at radius 2 is 2.10 bits per heavy atom. The van der Waals surface area contributed by atoms with Crippen LogP contribution in [0.5, 0.6) is 0 Å². The first-order valence-corrected chi connectivity index (χ1v) is 8.15. The minimum absolute atomic E-state index is 0.0798. The van der Waals surface area contributed by atoms with Crippen LogP contribution < -0.4 is 5.32 Å². The Kier molecular flexibility index (Phi) is 6.65. The van der Waals surface area contributed by atoms with Crippen molar-refractivity contribution in [1.29, 1.82) is 5.26 Å². The maximum Gasteiger partial charge on any atom is 0.180 e. The molecule has 6 heteroatoms. The molecule has 0 saturated heterocycles. The highest BCUT2D eigenvalue weighted by Gasteiger charge is 2.14. The monoisotopic (exact) mass is 296 g/mol. The van der Waals surface area contributed by atoms with Gasteiger partial charge in [-0.2, -0.15) is 5.26 Å². The third-order valence-electron chi connectivity index (χ3n) is 2.62. The summed E-state index contributed by atoms with van der Waals surface area (Å²) in [6.45, 7) is 5.39.